The lowest BCUT2D eigenvalue weighted by Gasteiger charge is -2.27. The summed E-state index contributed by atoms with van der Waals surface area (Å²) in [5, 5.41) is 5.62. The summed E-state index contributed by atoms with van der Waals surface area (Å²) in [6.07, 6.45) is 8.89. The van der Waals surface area contributed by atoms with Gasteiger partial charge in [-0.15, -0.1) is 11.3 Å². The normalized spacial score (nSPS) is 18.5. The Bertz CT molecular complexity index is 863. The number of aryl methyl sites for hydroxylation is 1. The first-order valence-electron chi connectivity index (χ1n) is 11.8. The third-order valence-electron chi connectivity index (χ3n) is 6.36. The second kappa shape index (κ2) is 11.5. The Balaban J connectivity index is 1.75. The van der Waals surface area contributed by atoms with Gasteiger partial charge in [-0.2, -0.15) is 0 Å². The van der Waals surface area contributed by atoms with Crippen molar-refractivity contribution >= 4 is 28.2 Å². The molecule has 4 nitrogen and oxygen atoms in total. The molecule has 1 fully saturated rings. The van der Waals surface area contributed by atoms with Crippen LogP contribution in [-0.2, 0) is 16.0 Å². The molecule has 0 aliphatic heterocycles. The number of unbranched alkanes of at least 4 members (excludes halogenated alkanes) is 1. The minimum absolute atomic E-state index is 0.0299. The van der Waals surface area contributed by atoms with Crippen LogP contribution in [0, 0.1) is 11.8 Å². The number of hydrogen-bond donors (Lipinski definition) is 1. The third-order valence-corrected chi connectivity index (χ3v) is 7.26. The largest absolute Gasteiger partial charge is 0.462 e. The average Bonchev–Trinajstić information content (AvgIpc) is 3.21. The first-order valence-corrected chi connectivity index (χ1v) is 12.6. The first-order chi connectivity index (χ1) is 15.1. The highest BCUT2D eigenvalue weighted by atomic mass is 32.1. The highest BCUT2D eigenvalue weighted by molar-refractivity contribution is 7.15. The van der Waals surface area contributed by atoms with E-state index in [1.807, 2.05) is 17.5 Å². The smallest absolute Gasteiger partial charge is 0.341 e. The predicted octanol–water partition coefficient (Wildman–Crippen LogP) is 7.09. The zero-order valence-corrected chi connectivity index (χ0v) is 19.9. The van der Waals surface area contributed by atoms with Gasteiger partial charge in [-0.25, -0.2) is 4.79 Å². The SMILES string of the molecule is CCCCC1CCC(C(=O)Nc2scc(-c3ccc(CC)cc3)c2C(=O)OCC)CC1. The number of esters is 1. The van der Waals surface area contributed by atoms with Gasteiger partial charge >= 0.3 is 5.97 Å². The third kappa shape index (κ3) is 5.97. The molecule has 3 rings (SSSR count). The lowest BCUT2D eigenvalue weighted by Crippen LogP contribution is -2.27. The number of amides is 1. The molecule has 1 saturated carbocycles. The van der Waals surface area contributed by atoms with Gasteiger partial charge in [-0.05, 0) is 56.1 Å². The van der Waals surface area contributed by atoms with Crippen molar-refractivity contribution in [1.82, 2.24) is 0 Å². The van der Waals surface area contributed by atoms with Crippen molar-refractivity contribution in [1.29, 1.82) is 0 Å². The summed E-state index contributed by atoms with van der Waals surface area (Å²) in [4.78, 5) is 25.8. The van der Waals surface area contributed by atoms with E-state index in [-0.39, 0.29) is 17.8 Å². The molecule has 1 aliphatic rings. The Hall–Kier alpha value is -2.14. The Kier molecular flexibility index (Phi) is 8.70. The van der Waals surface area contributed by atoms with Crippen LogP contribution < -0.4 is 5.32 Å². The van der Waals surface area contributed by atoms with Crippen molar-refractivity contribution in [3.63, 3.8) is 0 Å². The summed E-state index contributed by atoms with van der Waals surface area (Å²) >= 11 is 1.41. The van der Waals surface area contributed by atoms with E-state index in [4.69, 9.17) is 4.74 Å². The van der Waals surface area contributed by atoms with E-state index in [2.05, 4.69) is 31.3 Å². The zero-order chi connectivity index (χ0) is 22.2. The molecule has 1 N–H and O–H groups in total. The molecule has 1 aromatic carbocycles. The summed E-state index contributed by atoms with van der Waals surface area (Å²) in [5.74, 6) is 0.451. The Morgan fingerprint density at radius 2 is 1.77 bits per heavy atom. The minimum atomic E-state index is -0.378. The number of thiophene rings is 1. The second-order valence-electron chi connectivity index (χ2n) is 8.47. The fourth-order valence-electron chi connectivity index (χ4n) is 4.41. The number of hydrogen-bond acceptors (Lipinski definition) is 4. The van der Waals surface area contributed by atoms with Gasteiger partial charge in [0.05, 0.1) is 6.61 Å². The van der Waals surface area contributed by atoms with Crippen LogP contribution in [0.3, 0.4) is 0 Å². The van der Waals surface area contributed by atoms with Gasteiger partial charge in [-0.1, -0.05) is 57.4 Å². The maximum absolute atomic E-state index is 13.0. The fraction of sp³-hybridized carbons (Fsp3) is 0.538. The number of rotatable bonds is 9. The molecule has 0 bridgehead atoms. The quantitative estimate of drug-likeness (QED) is 0.423. The Morgan fingerprint density at radius 3 is 2.39 bits per heavy atom. The molecule has 168 valence electrons. The standard InChI is InChI=1S/C26H35NO3S/c1-4-7-8-19-11-15-21(16-12-19)24(28)27-25-23(26(29)30-6-3)22(17-31-25)20-13-9-18(5-2)10-14-20/h9-10,13-14,17,19,21H,4-8,11-12,15-16H2,1-3H3,(H,27,28). The summed E-state index contributed by atoms with van der Waals surface area (Å²) < 4.78 is 5.33. The number of benzene rings is 1. The fourth-order valence-corrected chi connectivity index (χ4v) is 5.37. The van der Waals surface area contributed by atoms with Crippen LogP contribution in [0.4, 0.5) is 5.00 Å². The predicted molar refractivity (Wildman–Crippen MR) is 129 cm³/mol. The van der Waals surface area contributed by atoms with Gasteiger partial charge in [0.25, 0.3) is 0 Å². The first kappa shape index (κ1) is 23.5. The Morgan fingerprint density at radius 1 is 1.06 bits per heavy atom. The zero-order valence-electron chi connectivity index (χ0n) is 19.0. The van der Waals surface area contributed by atoms with Crippen molar-refractivity contribution < 1.29 is 14.3 Å². The molecule has 0 spiro atoms. The molecule has 31 heavy (non-hydrogen) atoms. The molecular formula is C26H35NO3S. The van der Waals surface area contributed by atoms with Crippen molar-refractivity contribution in [3.8, 4) is 11.1 Å². The number of ether oxygens (including phenoxy) is 1. The van der Waals surface area contributed by atoms with E-state index in [9.17, 15) is 9.59 Å². The molecule has 1 aliphatic carbocycles. The van der Waals surface area contributed by atoms with Crippen molar-refractivity contribution in [2.45, 2.75) is 72.1 Å². The van der Waals surface area contributed by atoms with Crippen LogP contribution in [0.1, 0.15) is 81.6 Å². The van der Waals surface area contributed by atoms with Crippen LogP contribution in [0.25, 0.3) is 11.1 Å². The van der Waals surface area contributed by atoms with Gasteiger partial charge in [-0.3, -0.25) is 4.79 Å². The summed E-state index contributed by atoms with van der Waals surface area (Å²) in [5.41, 5.74) is 3.51. The summed E-state index contributed by atoms with van der Waals surface area (Å²) in [6.45, 7) is 6.45. The van der Waals surface area contributed by atoms with Crippen LogP contribution >= 0.6 is 11.3 Å². The number of nitrogens with one attached hydrogen (secondary N) is 1. The monoisotopic (exact) mass is 441 g/mol. The van der Waals surface area contributed by atoms with Gasteiger partial charge in [0, 0.05) is 16.9 Å². The number of carbonyl (C=O) groups excluding carboxylic acids is 2. The molecule has 1 amide bonds. The topological polar surface area (TPSA) is 55.4 Å². The molecule has 2 aromatic rings. The average molecular weight is 442 g/mol. The molecule has 1 aromatic heterocycles. The van der Waals surface area contributed by atoms with Crippen LogP contribution in [0.2, 0.25) is 0 Å². The van der Waals surface area contributed by atoms with Crippen molar-refractivity contribution in [2.75, 3.05) is 11.9 Å². The molecule has 0 atom stereocenters. The molecule has 0 radical (unpaired) electrons. The lowest BCUT2D eigenvalue weighted by atomic mass is 9.79. The van der Waals surface area contributed by atoms with Crippen molar-refractivity contribution in [3.05, 3.63) is 40.8 Å². The van der Waals surface area contributed by atoms with Crippen LogP contribution in [0.15, 0.2) is 29.6 Å². The summed E-state index contributed by atoms with van der Waals surface area (Å²) in [7, 11) is 0. The van der Waals surface area contributed by atoms with E-state index in [0.29, 0.717) is 17.2 Å². The lowest BCUT2D eigenvalue weighted by molar-refractivity contribution is -0.121. The maximum atomic E-state index is 13.0. The van der Waals surface area contributed by atoms with Gasteiger partial charge in [0.15, 0.2) is 0 Å². The van der Waals surface area contributed by atoms with E-state index in [1.165, 1.54) is 36.2 Å². The molecule has 5 heteroatoms. The maximum Gasteiger partial charge on any atom is 0.341 e. The number of anilines is 1. The highest BCUT2D eigenvalue weighted by Crippen LogP contribution is 2.38. The minimum Gasteiger partial charge on any atom is -0.462 e. The van der Waals surface area contributed by atoms with Crippen LogP contribution in [0.5, 0.6) is 0 Å². The van der Waals surface area contributed by atoms with Crippen LogP contribution in [-0.4, -0.2) is 18.5 Å². The highest BCUT2D eigenvalue weighted by Gasteiger charge is 2.28. The summed E-state index contributed by atoms with van der Waals surface area (Å²) in [6, 6.07) is 8.23. The molecular weight excluding hydrogens is 406 g/mol. The molecule has 0 saturated heterocycles. The van der Waals surface area contributed by atoms with E-state index in [1.54, 1.807) is 6.92 Å². The number of carbonyl (C=O) groups is 2. The second-order valence-corrected chi connectivity index (χ2v) is 9.35. The van der Waals surface area contributed by atoms with Crippen molar-refractivity contribution in [2.24, 2.45) is 11.8 Å². The molecule has 0 unspecified atom stereocenters. The van der Waals surface area contributed by atoms with Gasteiger partial charge in [0.2, 0.25) is 5.91 Å². The van der Waals surface area contributed by atoms with Gasteiger partial charge in [0.1, 0.15) is 10.6 Å². The van der Waals surface area contributed by atoms with Gasteiger partial charge < -0.3 is 10.1 Å². The molecule has 1 heterocycles. The van der Waals surface area contributed by atoms with E-state index >= 15 is 0 Å². The Labute approximate surface area is 190 Å². The van der Waals surface area contributed by atoms with E-state index in [0.717, 1.165) is 49.1 Å². The van der Waals surface area contributed by atoms with E-state index < -0.39 is 0 Å².